The van der Waals surface area contributed by atoms with Crippen molar-refractivity contribution >= 4 is 11.6 Å². The average Bonchev–Trinajstić information content (AvgIpc) is 3.15. The third-order valence-corrected chi connectivity index (χ3v) is 14.1. The first-order valence-corrected chi connectivity index (χ1v) is 26.0. The van der Waals surface area contributed by atoms with E-state index in [-0.39, 0.29) is 10.3 Å². The highest BCUT2D eigenvalue weighted by molar-refractivity contribution is 6.24. The molecule has 0 N–H and O–H groups in total. The van der Waals surface area contributed by atoms with Crippen molar-refractivity contribution in [3.8, 4) is 0 Å². The third-order valence-electron chi connectivity index (χ3n) is 13.2. The molecule has 0 amide bonds. The smallest absolute Gasteiger partial charge is 0.0497 e. The van der Waals surface area contributed by atoms with E-state index in [1.807, 2.05) is 0 Å². The van der Waals surface area contributed by atoms with Crippen LogP contribution in [0.2, 0.25) is 0 Å². The fraction of sp³-hybridized carbons (Fsp3) is 1.00. The van der Waals surface area contributed by atoms with Gasteiger partial charge in [-0.3, -0.25) is 0 Å². The Morgan fingerprint density at radius 3 is 0.566 bits per heavy atom. The van der Waals surface area contributed by atoms with E-state index in [1.165, 1.54) is 289 Å². The molecule has 0 atom stereocenters. The molecule has 0 radical (unpaired) electrons. The molecule has 53 heavy (non-hydrogen) atoms. The molecular weight excluding hydrogens is 660 g/mol. The van der Waals surface area contributed by atoms with Gasteiger partial charge in [-0.2, -0.15) is 0 Å². The maximum absolute atomic E-state index is 7.79. The van der Waals surface area contributed by atoms with Crippen LogP contribution in [0.5, 0.6) is 0 Å². The Morgan fingerprint density at radius 2 is 0.377 bits per heavy atom. The molecule has 0 spiro atoms. The summed E-state index contributed by atoms with van der Waals surface area (Å²) in [6.45, 7) is 12.0. The van der Waals surface area contributed by atoms with Gasteiger partial charge in [-0.25, -0.2) is 0 Å². The Balaban J connectivity index is 4.35. The number of halogens is 1. The van der Waals surface area contributed by atoms with Gasteiger partial charge in [-0.1, -0.05) is 304 Å². The zero-order valence-electron chi connectivity index (χ0n) is 38.2. The predicted molar refractivity (Wildman–Crippen MR) is 247 cm³/mol. The summed E-state index contributed by atoms with van der Waals surface area (Å²) in [6.07, 6.45) is 64.1. The molecule has 0 aromatic carbocycles. The maximum atomic E-state index is 7.79. The SMILES string of the molecule is CCCCCCCCCCCCCCCCC(C)(C)C(Cl)(CCCCCCCCCCCCCCCC)CCCCCCCCCCCCCCCC. The molecule has 0 aliphatic heterocycles. The Hall–Kier alpha value is 0.290. The maximum Gasteiger partial charge on any atom is 0.0497 e. The van der Waals surface area contributed by atoms with Crippen molar-refractivity contribution in [3.05, 3.63) is 0 Å². The standard InChI is InChI=1S/C52H105Cl/c1-6-9-12-15-18-21-24-27-30-33-36-39-42-45-48-51(4,5)52(53,49-46-43-40-37-34-31-28-25-22-19-16-13-10-7-2)50-47-44-41-38-35-32-29-26-23-20-17-14-11-8-3/h6-50H2,1-5H3. The topological polar surface area (TPSA) is 0 Å². The normalized spacial score (nSPS) is 12.3. The van der Waals surface area contributed by atoms with Crippen LogP contribution < -0.4 is 0 Å². The van der Waals surface area contributed by atoms with Crippen molar-refractivity contribution in [2.45, 2.75) is 328 Å². The number of alkyl halides is 1. The molecule has 0 bridgehead atoms. The van der Waals surface area contributed by atoms with Gasteiger partial charge in [0.1, 0.15) is 0 Å². The third kappa shape index (κ3) is 36.4. The molecular formula is C52H105Cl. The molecule has 0 fully saturated rings. The summed E-state index contributed by atoms with van der Waals surface area (Å²) in [5.41, 5.74) is 0.235. The van der Waals surface area contributed by atoms with Crippen LogP contribution in [0, 0.1) is 5.41 Å². The largest absolute Gasteiger partial charge is 0.119 e. The summed E-state index contributed by atoms with van der Waals surface area (Å²) in [6, 6.07) is 0. The lowest BCUT2D eigenvalue weighted by Crippen LogP contribution is -2.39. The molecule has 0 rings (SSSR count). The fourth-order valence-electron chi connectivity index (χ4n) is 8.99. The van der Waals surface area contributed by atoms with E-state index in [9.17, 15) is 0 Å². The lowest BCUT2D eigenvalue weighted by molar-refractivity contribution is 0.185. The van der Waals surface area contributed by atoms with Crippen LogP contribution >= 0.6 is 11.6 Å². The Morgan fingerprint density at radius 1 is 0.226 bits per heavy atom. The Bertz CT molecular complexity index is 634. The van der Waals surface area contributed by atoms with Crippen LogP contribution in [0.25, 0.3) is 0 Å². The molecule has 320 valence electrons. The molecule has 0 aromatic heterocycles. The van der Waals surface area contributed by atoms with E-state index in [0.717, 1.165) is 0 Å². The van der Waals surface area contributed by atoms with Crippen LogP contribution in [0.1, 0.15) is 324 Å². The van der Waals surface area contributed by atoms with Gasteiger partial charge in [-0.05, 0) is 24.7 Å². The van der Waals surface area contributed by atoms with Gasteiger partial charge in [0, 0.05) is 4.87 Å². The molecule has 0 saturated carbocycles. The van der Waals surface area contributed by atoms with Crippen LogP contribution in [0.15, 0.2) is 0 Å². The van der Waals surface area contributed by atoms with Gasteiger partial charge in [0.05, 0.1) is 0 Å². The number of rotatable bonds is 46. The zero-order chi connectivity index (χ0) is 38.8. The highest BCUT2D eigenvalue weighted by Crippen LogP contribution is 2.48. The number of unbranched alkanes of at least 4 members (excludes halogenated alkanes) is 39. The van der Waals surface area contributed by atoms with Gasteiger partial charge in [0.15, 0.2) is 0 Å². The second kappa shape index (κ2) is 41.9. The van der Waals surface area contributed by atoms with Gasteiger partial charge >= 0.3 is 0 Å². The second-order valence-electron chi connectivity index (χ2n) is 18.9. The predicted octanol–water partition coefficient (Wildman–Crippen LogP) is 20.6. The van der Waals surface area contributed by atoms with Crippen molar-refractivity contribution in [2.24, 2.45) is 5.41 Å². The first-order valence-electron chi connectivity index (χ1n) is 25.6. The van der Waals surface area contributed by atoms with Crippen LogP contribution in [-0.2, 0) is 0 Å². The molecule has 1 heteroatoms. The Kier molecular flexibility index (Phi) is 42.1. The summed E-state index contributed by atoms with van der Waals surface area (Å²) >= 11 is 7.79. The van der Waals surface area contributed by atoms with Gasteiger partial charge in [0.25, 0.3) is 0 Å². The van der Waals surface area contributed by atoms with Crippen molar-refractivity contribution < 1.29 is 0 Å². The van der Waals surface area contributed by atoms with Gasteiger partial charge < -0.3 is 0 Å². The minimum atomic E-state index is -0.0161. The average molecular weight is 766 g/mol. The van der Waals surface area contributed by atoms with E-state index in [0.29, 0.717) is 0 Å². The van der Waals surface area contributed by atoms with Gasteiger partial charge in [0.2, 0.25) is 0 Å². The molecule has 0 aliphatic rings. The molecule has 0 aliphatic carbocycles. The lowest BCUT2D eigenvalue weighted by atomic mass is 9.69. The van der Waals surface area contributed by atoms with E-state index in [2.05, 4.69) is 34.6 Å². The van der Waals surface area contributed by atoms with Gasteiger partial charge in [-0.15, -0.1) is 11.6 Å². The lowest BCUT2D eigenvalue weighted by Gasteiger charge is -2.43. The fourth-order valence-corrected chi connectivity index (χ4v) is 9.35. The highest BCUT2D eigenvalue weighted by atomic mass is 35.5. The summed E-state index contributed by atoms with van der Waals surface area (Å²) < 4.78 is 0. The second-order valence-corrected chi connectivity index (χ2v) is 19.6. The quantitative estimate of drug-likeness (QED) is 0.0428. The summed E-state index contributed by atoms with van der Waals surface area (Å²) in [5.74, 6) is 0. The van der Waals surface area contributed by atoms with Crippen molar-refractivity contribution in [1.82, 2.24) is 0 Å². The Labute approximate surface area is 344 Å². The zero-order valence-corrected chi connectivity index (χ0v) is 39.0. The van der Waals surface area contributed by atoms with Crippen LogP contribution in [-0.4, -0.2) is 4.87 Å². The van der Waals surface area contributed by atoms with Crippen LogP contribution in [0.4, 0.5) is 0 Å². The van der Waals surface area contributed by atoms with E-state index < -0.39 is 0 Å². The molecule has 0 unspecified atom stereocenters. The first kappa shape index (κ1) is 53.3. The minimum Gasteiger partial charge on any atom is -0.119 e. The monoisotopic (exact) mass is 765 g/mol. The van der Waals surface area contributed by atoms with E-state index in [1.54, 1.807) is 0 Å². The first-order chi connectivity index (χ1) is 25.9. The molecule has 0 aromatic rings. The summed E-state index contributed by atoms with van der Waals surface area (Å²) in [7, 11) is 0. The summed E-state index contributed by atoms with van der Waals surface area (Å²) in [4.78, 5) is -0.0161. The minimum absolute atomic E-state index is 0.0161. The number of hydrogen-bond acceptors (Lipinski definition) is 0. The molecule has 0 heterocycles. The van der Waals surface area contributed by atoms with Crippen LogP contribution in [0.3, 0.4) is 0 Å². The van der Waals surface area contributed by atoms with E-state index in [4.69, 9.17) is 11.6 Å². The van der Waals surface area contributed by atoms with E-state index >= 15 is 0 Å². The molecule has 0 saturated heterocycles. The van der Waals surface area contributed by atoms with Crippen molar-refractivity contribution in [1.29, 1.82) is 0 Å². The van der Waals surface area contributed by atoms with Crippen molar-refractivity contribution in [3.63, 3.8) is 0 Å². The number of hydrogen-bond donors (Lipinski definition) is 0. The molecule has 0 nitrogen and oxygen atoms in total. The van der Waals surface area contributed by atoms with Crippen molar-refractivity contribution in [2.75, 3.05) is 0 Å². The highest BCUT2D eigenvalue weighted by Gasteiger charge is 2.41. The summed E-state index contributed by atoms with van der Waals surface area (Å²) in [5, 5.41) is 0.